The first-order valence-corrected chi connectivity index (χ1v) is 6.23. The molecule has 6 nitrogen and oxygen atoms in total. The van der Waals surface area contributed by atoms with Crippen LogP contribution in [0.15, 0.2) is 0 Å². The second-order valence-corrected chi connectivity index (χ2v) is 4.43. The zero-order valence-electron chi connectivity index (χ0n) is 10.7. The number of aryl methyl sites for hydroxylation is 3. The van der Waals surface area contributed by atoms with E-state index in [4.69, 9.17) is 17.0 Å². The Labute approximate surface area is 110 Å². The van der Waals surface area contributed by atoms with Gasteiger partial charge < -0.3 is 14.3 Å². The average molecular weight is 268 g/mol. The van der Waals surface area contributed by atoms with Gasteiger partial charge in [0.25, 0.3) is 0 Å². The van der Waals surface area contributed by atoms with Gasteiger partial charge >= 0.3 is 5.97 Å². The topological polar surface area (TPSA) is 64.8 Å². The summed E-state index contributed by atoms with van der Waals surface area (Å²) in [5, 5.41) is 4.32. The maximum atomic E-state index is 11.4. The van der Waals surface area contributed by atoms with Crippen molar-refractivity contribution in [2.45, 2.75) is 26.8 Å². The van der Waals surface area contributed by atoms with Crippen LogP contribution in [-0.2, 0) is 23.1 Å². The number of imidazole rings is 1. The summed E-state index contributed by atoms with van der Waals surface area (Å²) in [5.74, 6) is -0.215. The normalized spacial score (nSPS) is 11.1. The van der Waals surface area contributed by atoms with Crippen molar-refractivity contribution >= 4 is 29.4 Å². The summed E-state index contributed by atoms with van der Waals surface area (Å²) in [6.45, 7) is 4.61. The smallest absolute Gasteiger partial charge is 0.307 e. The van der Waals surface area contributed by atoms with E-state index in [1.165, 1.54) is 0 Å². The third-order valence-corrected chi connectivity index (χ3v) is 3.09. The lowest BCUT2D eigenvalue weighted by molar-refractivity contribution is -0.143. The molecule has 18 heavy (non-hydrogen) atoms. The van der Waals surface area contributed by atoms with Crippen molar-refractivity contribution in [1.29, 1.82) is 0 Å². The minimum atomic E-state index is -0.215. The van der Waals surface area contributed by atoms with Crippen molar-refractivity contribution in [3.05, 3.63) is 10.5 Å². The van der Waals surface area contributed by atoms with E-state index in [0.717, 1.165) is 16.9 Å². The van der Waals surface area contributed by atoms with Crippen LogP contribution in [0, 0.1) is 11.7 Å². The highest BCUT2D eigenvalue weighted by Crippen LogP contribution is 2.17. The predicted molar refractivity (Wildman–Crippen MR) is 69.9 cm³/mol. The Morgan fingerprint density at radius 1 is 1.56 bits per heavy atom. The van der Waals surface area contributed by atoms with Gasteiger partial charge in [0.1, 0.15) is 5.52 Å². The molecule has 0 unspecified atom stereocenters. The van der Waals surface area contributed by atoms with Crippen LogP contribution in [0.25, 0.3) is 11.2 Å². The Balaban J connectivity index is 2.30. The van der Waals surface area contributed by atoms with E-state index in [1.54, 1.807) is 11.6 Å². The number of esters is 1. The number of rotatable bonds is 4. The molecule has 2 aromatic heterocycles. The molecule has 2 aromatic rings. The highest BCUT2D eigenvalue weighted by molar-refractivity contribution is 7.71. The monoisotopic (exact) mass is 268 g/mol. The SMILES string of the molecule is CCOC(=O)CCn1c(=S)[nH]c2c(C)nn(C)c21. The van der Waals surface area contributed by atoms with Crippen LogP contribution in [0.2, 0.25) is 0 Å². The van der Waals surface area contributed by atoms with Crippen molar-refractivity contribution in [3.8, 4) is 0 Å². The maximum Gasteiger partial charge on any atom is 0.307 e. The maximum absolute atomic E-state index is 11.4. The lowest BCUT2D eigenvalue weighted by atomic mass is 10.4. The third kappa shape index (κ3) is 2.17. The van der Waals surface area contributed by atoms with E-state index in [-0.39, 0.29) is 5.97 Å². The minimum absolute atomic E-state index is 0.215. The van der Waals surface area contributed by atoms with Crippen LogP contribution in [0.1, 0.15) is 19.0 Å². The molecule has 7 heteroatoms. The molecule has 0 amide bonds. The van der Waals surface area contributed by atoms with Crippen LogP contribution < -0.4 is 0 Å². The van der Waals surface area contributed by atoms with Crippen molar-refractivity contribution in [1.82, 2.24) is 19.3 Å². The van der Waals surface area contributed by atoms with E-state index in [9.17, 15) is 4.79 Å². The molecule has 0 fully saturated rings. The molecule has 0 aliphatic heterocycles. The van der Waals surface area contributed by atoms with Gasteiger partial charge in [-0.05, 0) is 26.1 Å². The molecule has 0 atom stereocenters. The van der Waals surface area contributed by atoms with Crippen molar-refractivity contribution < 1.29 is 9.53 Å². The number of H-pyrrole nitrogens is 1. The minimum Gasteiger partial charge on any atom is -0.466 e. The van der Waals surface area contributed by atoms with E-state index in [2.05, 4.69) is 10.1 Å². The summed E-state index contributed by atoms with van der Waals surface area (Å²) in [5.41, 5.74) is 2.72. The van der Waals surface area contributed by atoms with Gasteiger partial charge in [0.15, 0.2) is 10.4 Å². The van der Waals surface area contributed by atoms with E-state index in [0.29, 0.717) is 24.3 Å². The van der Waals surface area contributed by atoms with Crippen LogP contribution in [0.3, 0.4) is 0 Å². The number of aromatic nitrogens is 4. The standard InChI is InChI=1S/C11H16N4O2S/c1-4-17-8(16)5-6-15-10-9(12-11(15)18)7(2)13-14(10)3/h4-6H2,1-3H3,(H,12,18). The summed E-state index contributed by atoms with van der Waals surface area (Å²) < 4.78 is 9.15. The van der Waals surface area contributed by atoms with Crippen LogP contribution in [0.4, 0.5) is 0 Å². The second-order valence-electron chi connectivity index (χ2n) is 4.04. The molecule has 0 aromatic carbocycles. The van der Waals surface area contributed by atoms with Gasteiger partial charge in [-0.25, -0.2) is 0 Å². The zero-order valence-corrected chi connectivity index (χ0v) is 11.5. The second kappa shape index (κ2) is 4.93. The van der Waals surface area contributed by atoms with Gasteiger partial charge in [0.2, 0.25) is 0 Å². The van der Waals surface area contributed by atoms with Gasteiger partial charge in [-0.2, -0.15) is 5.10 Å². The summed E-state index contributed by atoms with van der Waals surface area (Å²) in [4.78, 5) is 14.5. The number of fused-ring (bicyclic) bond motifs is 1. The number of hydrogen-bond donors (Lipinski definition) is 1. The summed E-state index contributed by atoms with van der Waals surface area (Å²) in [6, 6.07) is 0. The molecule has 0 saturated heterocycles. The number of carbonyl (C=O) groups excluding carboxylic acids is 1. The molecule has 2 rings (SSSR count). The first kappa shape index (κ1) is 12.8. The Kier molecular flexibility index (Phi) is 3.51. The first-order chi connectivity index (χ1) is 8.54. The highest BCUT2D eigenvalue weighted by atomic mass is 32.1. The van der Waals surface area contributed by atoms with E-state index < -0.39 is 0 Å². The molecule has 1 N–H and O–H groups in total. The molecule has 98 valence electrons. The molecular weight excluding hydrogens is 252 g/mol. The Morgan fingerprint density at radius 2 is 2.28 bits per heavy atom. The van der Waals surface area contributed by atoms with E-state index in [1.807, 2.05) is 18.5 Å². The quantitative estimate of drug-likeness (QED) is 0.677. The summed E-state index contributed by atoms with van der Waals surface area (Å²) in [7, 11) is 1.86. The van der Waals surface area contributed by atoms with Crippen molar-refractivity contribution in [2.75, 3.05) is 6.61 Å². The molecule has 0 radical (unpaired) electrons. The molecule has 2 heterocycles. The fourth-order valence-electron chi connectivity index (χ4n) is 2.02. The lowest BCUT2D eigenvalue weighted by Crippen LogP contribution is -2.10. The molecule has 0 saturated carbocycles. The van der Waals surface area contributed by atoms with Gasteiger partial charge in [0.05, 0.1) is 18.7 Å². The highest BCUT2D eigenvalue weighted by Gasteiger charge is 2.13. The van der Waals surface area contributed by atoms with Gasteiger partial charge in [-0.3, -0.25) is 9.48 Å². The summed E-state index contributed by atoms with van der Waals surface area (Å²) in [6.07, 6.45) is 0.305. The van der Waals surface area contributed by atoms with Gasteiger partial charge in [-0.1, -0.05) is 0 Å². The van der Waals surface area contributed by atoms with Gasteiger partial charge in [-0.15, -0.1) is 0 Å². The third-order valence-electron chi connectivity index (χ3n) is 2.77. The molecular formula is C11H16N4O2S. The van der Waals surface area contributed by atoms with Gasteiger partial charge in [0, 0.05) is 13.6 Å². The number of ether oxygens (including phenoxy) is 1. The fraction of sp³-hybridized carbons (Fsp3) is 0.545. The molecule has 0 bridgehead atoms. The number of aromatic amines is 1. The zero-order chi connectivity index (χ0) is 13.3. The molecule has 0 aliphatic rings. The van der Waals surface area contributed by atoms with E-state index >= 15 is 0 Å². The van der Waals surface area contributed by atoms with Crippen LogP contribution >= 0.6 is 12.2 Å². The number of carbonyl (C=O) groups is 1. The number of nitrogens with zero attached hydrogens (tertiary/aromatic N) is 3. The predicted octanol–water partition coefficient (Wildman–Crippen LogP) is 1.69. The Bertz CT molecular complexity index is 637. The molecule has 0 aliphatic carbocycles. The average Bonchev–Trinajstić information content (AvgIpc) is 2.76. The Hall–Kier alpha value is -1.63. The largest absolute Gasteiger partial charge is 0.466 e. The fourth-order valence-corrected chi connectivity index (χ4v) is 2.30. The Morgan fingerprint density at radius 3 is 2.94 bits per heavy atom. The number of hydrogen-bond acceptors (Lipinski definition) is 4. The first-order valence-electron chi connectivity index (χ1n) is 5.82. The molecule has 0 spiro atoms. The van der Waals surface area contributed by atoms with Crippen LogP contribution in [-0.4, -0.2) is 31.9 Å². The van der Waals surface area contributed by atoms with Crippen molar-refractivity contribution in [2.24, 2.45) is 7.05 Å². The lowest BCUT2D eigenvalue weighted by Gasteiger charge is -2.04. The van der Waals surface area contributed by atoms with Crippen LogP contribution in [0.5, 0.6) is 0 Å². The number of nitrogens with one attached hydrogen (secondary N) is 1. The summed E-state index contributed by atoms with van der Waals surface area (Å²) >= 11 is 5.26. The van der Waals surface area contributed by atoms with Crippen molar-refractivity contribution in [3.63, 3.8) is 0 Å².